The van der Waals surface area contributed by atoms with Crippen LogP contribution < -0.4 is 14.8 Å². The Kier molecular flexibility index (Phi) is 4.73. The van der Waals surface area contributed by atoms with E-state index in [0.29, 0.717) is 5.56 Å². The molecular weight excluding hydrogens is 408 g/mol. The highest BCUT2D eigenvalue weighted by Crippen LogP contribution is 2.50. The van der Waals surface area contributed by atoms with Crippen molar-refractivity contribution in [1.82, 2.24) is 0 Å². The fourth-order valence-electron chi connectivity index (χ4n) is 5.09. The van der Waals surface area contributed by atoms with E-state index in [-0.39, 0.29) is 23.8 Å². The maximum atomic E-state index is 14.3. The molecule has 1 N–H and O–H groups in total. The molecule has 0 fully saturated rings. The molecule has 2 aliphatic heterocycles. The molecule has 3 aromatic carbocycles. The quantitative estimate of drug-likeness (QED) is 0.476. The Labute approximate surface area is 186 Å². The van der Waals surface area contributed by atoms with E-state index in [1.807, 2.05) is 36.4 Å². The monoisotopic (exact) mass is 433 g/mol. The normalized spacial score (nSPS) is 19.3. The minimum absolute atomic E-state index is 0.0599. The fourth-order valence-corrected chi connectivity index (χ4v) is 5.09. The van der Waals surface area contributed by atoms with Crippen LogP contribution in [-0.2, 0) is 6.61 Å². The molecule has 2 heterocycles. The third-order valence-electron chi connectivity index (χ3n) is 6.53. The van der Waals surface area contributed by atoms with Crippen LogP contribution in [0.25, 0.3) is 17.2 Å². The van der Waals surface area contributed by atoms with E-state index in [9.17, 15) is 8.78 Å². The van der Waals surface area contributed by atoms with Crippen molar-refractivity contribution in [3.63, 3.8) is 0 Å². The van der Waals surface area contributed by atoms with Gasteiger partial charge >= 0.3 is 0 Å². The second-order valence-electron chi connectivity index (χ2n) is 8.92. The average molecular weight is 433 g/mol. The third kappa shape index (κ3) is 3.15. The summed E-state index contributed by atoms with van der Waals surface area (Å²) in [6.45, 7) is 6.72. The molecule has 5 rings (SSSR count). The van der Waals surface area contributed by atoms with Gasteiger partial charge < -0.3 is 14.8 Å². The molecule has 0 bridgehead atoms. The topological polar surface area (TPSA) is 30.5 Å². The molecule has 0 saturated carbocycles. The predicted octanol–water partition coefficient (Wildman–Crippen LogP) is 6.92. The van der Waals surface area contributed by atoms with Gasteiger partial charge in [0.2, 0.25) is 0 Å². The molecule has 0 amide bonds. The standard InChI is InChI=1S/C27H25F2NO2/c1-15-21(11-16-7-5-6-8-24(16)31-4)27(2,3)30-23-10-9-18-19-12-17(28)13-22(29)26(19)32-14-20(18)25(15)23/h5-13,15,30H,14H2,1-4H3. The molecule has 3 nitrogen and oxygen atoms in total. The van der Waals surface area contributed by atoms with Crippen LogP contribution in [0.2, 0.25) is 0 Å². The first-order valence-corrected chi connectivity index (χ1v) is 10.7. The zero-order valence-electron chi connectivity index (χ0n) is 18.6. The summed E-state index contributed by atoms with van der Waals surface area (Å²) in [5, 5.41) is 3.66. The van der Waals surface area contributed by atoms with Gasteiger partial charge in [0, 0.05) is 34.4 Å². The molecule has 0 radical (unpaired) electrons. The van der Waals surface area contributed by atoms with Crippen molar-refractivity contribution >= 4 is 11.8 Å². The Hall–Kier alpha value is -3.34. The van der Waals surface area contributed by atoms with Gasteiger partial charge in [-0.05, 0) is 54.8 Å². The lowest BCUT2D eigenvalue weighted by Crippen LogP contribution is -2.40. The maximum absolute atomic E-state index is 14.3. The first-order chi connectivity index (χ1) is 15.3. The number of anilines is 1. The van der Waals surface area contributed by atoms with Crippen LogP contribution in [0.15, 0.2) is 54.1 Å². The zero-order valence-corrected chi connectivity index (χ0v) is 18.6. The number of fused-ring (bicyclic) bond motifs is 5. The number of benzene rings is 3. The SMILES string of the molecule is COc1ccccc1C=C1C(C)c2c(ccc3c2COc2c(F)cc(F)cc2-3)NC1(C)C. The van der Waals surface area contributed by atoms with Gasteiger partial charge in [0.15, 0.2) is 11.6 Å². The van der Waals surface area contributed by atoms with Gasteiger partial charge in [0.25, 0.3) is 0 Å². The van der Waals surface area contributed by atoms with E-state index in [1.54, 1.807) is 7.11 Å². The molecular formula is C27H25F2NO2. The number of halogens is 2. The molecule has 0 aliphatic carbocycles. The number of para-hydroxylation sites is 1. The Morgan fingerprint density at radius 3 is 2.66 bits per heavy atom. The van der Waals surface area contributed by atoms with Crippen molar-refractivity contribution in [2.75, 3.05) is 12.4 Å². The largest absolute Gasteiger partial charge is 0.496 e. The van der Waals surface area contributed by atoms with Gasteiger partial charge in [0.1, 0.15) is 18.2 Å². The molecule has 1 atom stereocenters. The summed E-state index contributed by atoms with van der Waals surface area (Å²) in [5.41, 5.74) is 6.24. The van der Waals surface area contributed by atoms with Crippen LogP contribution in [-0.4, -0.2) is 12.6 Å². The van der Waals surface area contributed by atoms with Gasteiger partial charge in [0.05, 0.1) is 12.6 Å². The van der Waals surface area contributed by atoms with Crippen LogP contribution >= 0.6 is 0 Å². The Balaban J connectivity index is 1.69. The number of hydrogen-bond donors (Lipinski definition) is 1. The zero-order chi connectivity index (χ0) is 22.6. The predicted molar refractivity (Wildman–Crippen MR) is 123 cm³/mol. The lowest BCUT2D eigenvalue weighted by molar-refractivity contribution is 0.284. The molecule has 2 aliphatic rings. The van der Waals surface area contributed by atoms with Crippen LogP contribution in [0.3, 0.4) is 0 Å². The van der Waals surface area contributed by atoms with Crippen LogP contribution in [0.1, 0.15) is 43.4 Å². The van der Waals surface area contributed by atoms with E-state index in [2.05, 4.69) is 32.2 Å². The van der Waals surface area contributed by atoms with E-state index < -0.39 is 11.6 Å². The fraction of sp³-hybridized carbons (Fsp3) is 0.259. The summed E-state index contributed by atoms with van der Waals surface area (Å²) in [6.07, 6.45) is 2.18. The smallest absolute Gasteiger partial charge is 0.168 e. The minimum atomic E-state index is -0.674. The van der Waals surface area contributed by atoms with E-state index in [0.717, 1.165) is 39.8 Å². The number of rotatable bonds is 2. The lowest BCUT2D eigenvalue weighted by atomic mass is 9.73. The third-order valence-corrected chi connectivity index (χ3v) is 6.53. The van der Waals surface area contributed by atoms with Crippen molar-refractivity contribution < 1.29 is 18.3 Å². The summed E-state index contributed by atoms with van der Waals surface area (Å²) >= 11 is 0. The second kappa shape index (κ2) is 7.37. The number of hydrogen-bond acceptors (Lipinski definition) is 3. The molecule has 0 spiro atoms. The first-order valence-electron chi connectivity index (χ1n) is 10.7. The highest BCUT2D eigenvalue weighted by molar-refractivity contribution is 5.82. The second-order valence-corrected chi connectivity index (χ2v) is 8.92. The average Bonchev–Trinajstić information content (AvgIpc) is 2.75. The molecule has 1 unspecified atom stereocenters. The molecule has 164 valence electrons. The Morgan fingerprint density at radius 1 is 1.09 bits per heavy atom. The van der Waals surface area contributed by atoms with E-state index in [1.165, 1.54) is 11.6 Å². The van der Waals surface area contributed by atoms with Gasteiger partial charge in [-0.2, -0.15) is 0 Å². The van der Waals surface area contributed by atoms with Crippen molar-refractivity contribution in [1.29, 1.82) is 0 Å². The molecule has 32 heavy (non-hydrogen) atoms. The van der Waals surface area contributed by atoms with Crippen LogP contribution in [0.5, 0.6) is 11.5 Å². The van der Waals surface area contributed by atoms with Crippen LogP contribution in [0.4, 0.5) is 14.5 Å². The molecule has 5 heteroatoms. The van der Waals surface area contributed by atoms with Gasteiger partial charge in [-0.25, -0.2) is 8.78 Å². The number of ether oxygens (including phenoxy) is 2. The number of nitrogens with one attached hydrogen (secondary N) is 1. The molecule has 3 aromatic rings. The number of methoxy groups -OCH3 is 1. The summed E-state index contributed by atoms with van der Waals surface area (Å²) < 4.78 is 39.7. The Morgan fingerprint density at radius 2 is 1.88 bits per heavy atom. The van der Waals surface area contributed by atoms with Gasteiger partial charge in [-0.15, -0.1) is 0 Å². The van der Waals surface area contributed by atoms with E-state index >= 15 is 0 Å². The van der Waals surface area contributed by atoms with E-state index in [4.69, 9.17) is 9.47 Å². The lowest BCUT2D eigenvalue weighted by Gasteiger charge is -2.42. The molecule has 0 aromatic heterocycles. The summed E-state index contributed by atoms with van der Waals surface area (Å²) in [4.78, 5) is 0. The highest BCUT2D eigenvalue weighted by Gasteiger charge is 2.38. The Bertz CT molecular complexity index is 1260. The van der Waals surface area contributed by atoms with Gasteiger partial charge in [-0.3, -0.25) is 0 Å². The minimum Gasteiger partial charge on any atom is -0.496 e. The van der Waals surface area contributed by atoms with Crippen molar-refractivity contribution in [3.8, 4) is 22.6 Å². The first kappa shape index (κ1) is 20.6. The maximum Gasteiger partial charge on any atom is 0.168 e. The molecule has 0 saturated heterocycles. The van der Waals surface area contributed by atoms with Crippen molar-refractivity contribution in [2.24, 2.45) is 0 Å². The van der Waals surface area contributed by atoms with Crippen molar-refractivity contribution in [2.45, 2.75) is 38.8 Å². The van der Waals surface area contributed by atoms with Crippen molar-refractivity contribution in [3.05, 3.63) is 82.4 Å². The van der Waals surface area contributed by atoms with Gasteiger partial charge in [-0.1, -0.05) is 31.2 Å². The highest BCUT2D eigenvalue weighted by atomic mass is 19.1. The van der Waals surface area contributed by atoms with Crippen LogP contribution in [0, 0.1) is 11.6 Å². The summed E-state index contributed by atoms with van der Waals surface area (Å²) in [5.74, 6) is -0.302. The summed E-state index contributed by atoms with van der Waals surface area (Å²) in [6, 6.07) is 14.1. The summed E-state index contributed by atoms with van der Waals surface area (Å²) in [7, 11) is 1.67.